The van der Waals surface area contributed by atoms with Crippen LogP contribution >= 0.6 is 0 Å². The number of hydrogen-bond donors (Lipinski definition) is 2. The molecular weight excluding hydrogens is 266 g/mol. The fourth-order valence-electron chi connectivity index (χ4n) is 1.50. The second kappa shape index (κ2) is 8.13. The Balaban J connectivity index is 2.52. The first-order valence-corrected chi connectivity index (χ1v) is 5.84. The predicted molar refractivity (Wildman–Crippen MR) is 69.3 cm³/mol. The molecule has 0 fully saturated rings. The third-order valence-electron chi connectivity index (χ3n) is 2.43. The van der Waals surface area contributed by atoms with Crippen molar-refractivity contribution in [2.75, 3.05) is 20.8 Å². The zero-order valence-electron chi connectivity index (χ0n) is 11.2. The lowest BCUT2D eigenvalue weighted by molar-refractivity contribution is -0.165. The molecule has 1 aromatic rings. The Kier molecular flexibility index (Phi) is 6.48. The summed E-state index contributed by atoms with van der Waals surface area (Å²) in [4.78, 5) is 22.7. The molecule has 0 aromatic heterocycles. The summed E-state index contributed by atoms with van der Waals surface area (Å²) in [5.74, 6) is -1.32. The minimum atomic E-state index is -1.31. The largest absolute Gasteiger partial charge is 0.484 e. The average molecular weight is 283 g/mol. The van der Waals surface area contributed by atoms with Gasteiger partial charge in [-0.2, -0.15) is 0 Å². The van der Waals surface area contributed by atoms with E-state index in [4.69, 9.17) is 19.3 Å². The van der Waals surface area contributed by atoms with E-state index in [0.29, 0.717) is 5.75 Å². The van der Waals surface area contributed by atoms with Gasteiger partial charge in [-0.3, -0.25) is 4.79 Å². The van der Waals surface area contributed by atoms with Crippen molar-refractivity contribution < 1.29 is 28.9 Å². The Morgan fingerprint density at radius 3 is 2.30 bits per heavy atom. The van der Waals surface area contributed by atoms with E-state index in [9.17, 15) is 9.59 Å². The highest BCUT2D eigenvalue weighted by molar-refractivity contribution is 5.84. The molecule has 2 N–H and O–H groups in total. The topological polar surface area (TPSA) is 94.1 Å². The monoisotopic (exact) mass is 283 g/mol. The van der Waals surface area contributed by atoms with Crippen LogP contribution in [-0.2, 0) is 19.1 Å². The third-order valence-corrected chi connectivity index (χ3v) is 2.43. The molecule has 0 heterocycles. The van der Waals surface area contributed by atoms with E-state index < -0.39 is 24.2 Å². The second-order valence-electron chi connectivity index (χ2n) is 3.82. The lowest BCUT2D eigenvalue weighted by Gasteiger charge is -2.22. The van der Waals surface area contributed by atoms with Crippen LogP contribution < -0.4 is 10.1 Å². The number of hydrogen-bond acceptors (Lipinski definition) is 5. The molecule has 7 nitrogen and oxygen atoms in total. The zero-order chi connectivity index (χ0) is 15.0. The van der Waals surface area contributed by atoms with Crippen LogP contribution in [0, 0.1) is 0 Å². The van der Waals surface area contributed by atoms with Gasteiger partial charge in [0.1, 0.15) is 5.75 Å². The molecule has 1 amide bonds. The van der Waals surface area contributed by atoms with E-state index in [-0.39, 0.29) is 6.61 Å². The smallest absolute Gasteiger partial charge is 0.331 e. The van der Waals surface area contributed by atoms with Gasteiger partial charge in [0.05, 0.1) is 0 Å². The number of carbonyl (C=O) groups excluding carboxylic acids is 1. The summed E-state index contributed by atoms with van der Waals surface area (Å²) in [6.07, 6.45) is -1.08. The van der Waals surface area contributed by atoms with Crippen LogP contribution in [0.2, 0.25) is 0 Å². The minimum Gasteiger partial charge on any atom is -0.484 e. The molecule has 0 bridgehead atoms. The first-order valence-electron chi connectivity index (χ1n) is 5.84. The van der Waals surface area contributed by atoms with Crippen molar-refractivity contribution in [3.8, 4) is 5.75 Å². The maximum atomic E-state index is 11.7. The maximum Gasteiger partial charge on any atom is 0.331 e. The Hall–Kier alpha value is -2.12. The summed E-state index contributed by atoms with van der Waals surface area (Å²) in [5.41, 5.74) is 0. The van der Waals surface area contributed by atoms with Crippen LogP contribution in [0.3, 0.4) is 0 Å². The van der Waals surface area contributed by atoms with Gasteiger partial charge in [0.2, 0.25) is 0 Å². The summed E-state index contributed by atoms with van der Waals surface area (Å²) < 4.78 is 14.9. The molecule has 0 radical (unpaired) electrons. The van der Waals surface area contributed by atoms with Crippen LogP contribution in [0.15, 0.2) is 30.3 Å². The fraction of sp³-hybridized carbons (Fsp3) is 0.385. The molecule has 0 aliphatic carbocycles. The summed E-state index contributed by atoms with van der Waals surface area (Å²) >= 11 is 0. The van der Waals surface area contributed by atoms with E-state index >= 15 is 0 Å². The molecule has 20 heavy (non-hydrogen) atoms. The average Bonchev–Trinajstić information content (AvgIpc) is 2.46. The number of aliphatic carboxylic acids is 1. The van der Waals surface area contributed by atoms with E-state index in [1.807, 2.05) is 6.07 Å². The van der Waals surface area contributed by atoms with Crippen molar-refractivity contribution in [3.63, 3.8) is 0 Å². The van der Waals surface area contributed by atoms with Gasteiger partial charge in [0.15, 0.2) is 18.9 Å². The Morgan fingerprint density at radius 1 is 1.20 bits per heavy atom. The van der Waals surface area contributed by atoms with Gasteiger partial charge in [-0.15, -0.1) is 0 Å². The summed E-state index contributed by atoms with van der Waals surface area (Å²) in [7, 11) is 2.58. The fourth-order valence-corrected chi connectivity index (χ4v) is 1.50. The highest BCUT2D eigenvalue weighted by Crippen LogP contribution is 2.08. The third kappa shape index (κ3) is 4.87. The molecule has 0 spiro atoms. The molecule has 110 valence electrons. The lowest BCUT2D eigenvalue weighted by Crippen LogP contribution is -2.51. The van der Waals surface area contributed by atoms with Crippen LogP contribution in [0.4, 0.5) is 0 Å². The number of carbonyl (C=O) groups is 2. The van der Waals surface area contributed by atoms with Crippen LogP contribution in [-0.4, -0.2) is 50.1 Å². The molecule has 0 saturated carbocycles. The predicted octanol–water partition coefficient (Wildman–Crippen LogP) is 0.254. The number of carboxylic acids is 1. The van der Waals surface area contributed by atoms with E-state index in [1.165, 1.54) is 14.2 Å². The van der Waals surface area contributed by atoms with Crippen molar-refractivity contribution in [1.82, 2.24) is 5.32 Å². The molecule has 1 aromatic carbocycles. The number of amides is 1. The number of rotatable bonds is 8. The highest BCUT2D eigenvalue weighted by atomic mass is 16.7. The SMILES string of the molecule is COC(OC)C(NC(=O)COc1ccccc1)C(=O)O. The Bertz CT molecular complexity index is 432. The van der Waals surface area contributed by atoms with Gasteiger partial charge in [-0.05, 0) is 12.1 Å². The first kappa shape index (κ1) is 15.9. The van der Waals surface area contributed by atoms with Crippen LogP contribution in [0.25, 0.3) is 0 Å². The van der Waals surface area contributed by atoms with Gasteiger partial charge >= 0.3 is 5.97 Å². The molecule has 1 unspecified atom stereocenters. The molecule has 0 saturated heterocycles. The van der Waals surface area contributed by atoms with Crippen molar-refractivity contribution >= 4 is 11.9 Å². The second-order valence-corrected chi connectivity index (χ2v) is 3.82. The zero-order valence-corrected chi connectivity index (χ0v) is 11.2. The van der Waals surface area contributed by atoms with Gasteiger partial charge in [-0.1, -0.05) is 18.2 Å². The van der Waals surface area contributed by atoms with E-state index in [2.05, 4.69) is 5.32 Å². The number of nitrogens with one attached hydrogen (secondary N) is 1. The highest BCUT2D eigenvalue weighted by Gasteiger charge is 2.29. The van der Waals surface area contributed by atoms with Crippen LogP contribution in [0.1, 0.15) is 0 Å². The number of carboxylic acid groups (broad SMARTS) is 1. The van der Waals surface area contributed by atoms with Gasteiger partial charge < -0.3 is 24.6 Å². The lowest BCUT2D eigenvalue weighted by atomic mass is 10.3. The summed E-state index contributed by atoms with van der Waals surface area (Å²) in [5, 5.41) is 11.3. The van der Waals surface area contributed by atoms with Crippen LogP contribution in [0.5, 0.6) is 5.75 Å². The number of ether oxygens (including phenoxy) is 3. The molecular formula is C13H17NO6. The standard InChI is InChI=1S/C13H17NO6/c1-18-13(19-2)11(12(16)17)14-10(15)8-20-9-6-4-3-5-7-9/h3-7,11,13H,8H2,1-2H3,(H,14,15)(H,16,17). The van der Waals surface area contributed by atoms with Crippen molar-refractivity contribution in [2.45, 2.75) is 12.3 Å². The molecule has 0 aliphatic rings. The van der Waals surface area contributed by atoms with Gasteiger partial charge in [-0.25, -0.2) is 4.79 Å². The van der Waals surface area contributed by atoms with Gasteiger partial charge in [0.25, 0.3) is 5.91 Å². The summed E-state index contributed by atoms with van der Waals surface area (Å²) in [6.45, 7) is -0.298. The number of benzene rings is 1. The van der Waals surface area contributed by atoms with E-state index in [1.54, 1.807) is 24.3 Å². The van der Waals surface area contributed by atoms with E-state index in [0.717, 1.165) is 0 Å². The Morgan fingerprint density at radius 2 is 1.80 bits per heavy atom. The molecule has 7 heteroatoms. The van der Waals surface area contributed by atoms with Crippen molar-refractivity contribution in [3.05, 3.63) is 30.3 Å². The first-order chi connectivity index (χ1) is 9.58. The van der Waals surface area contributed by atoms with Crippen molar-refractivity contribution in [2.24, 2.45) is 0 Å². The molecule has 0 aliphatic heterocycles. The minimum absolute atomic E-state index is 0.298. The number of methoxy groups -OCH3 is 2. The Labute approximate surface area is 116 Å². The van der Waals surface area contributed by atoms with Gasteiger partial charge in [0, 0.05) is 14.2 Å². The summed E-state index contributed by atoms with van der Waals surface area (Å²) in [6, 6.07) is 7.41. The maximum absolute atomic E-state index is 11.7. The normalized spacial score (nSPS) is 11.9. The number of para-hydroxylation sites is 1. The molecule has 1 atom stereocenters. The molecule has 1 rings (SSSR count). The van der Waals surface area contributed by atoms with Crippen molar-refractivity contribution in [1.29, 1.82) is 0 Å². The quantitative estimate of drug-likeness (QED) is 0.664.